The van der Waals surface area contributed by atoms with Crippen LogP contribution in [0.2, 0.25) is 0 Å². The summed E-state index contributed by atoms with van der Waals surface area (Å²) in [5.74, 6) is 0. The van der Waals surface area contributed by atoms with Gasteiger partial charge in [-0.3, -0.25) is 9.80 Å². The van der Waals surface area contributed by atoms with Crippen LogP contribution in [0.5, 0.6) is 0 Å². The van der Waals surface area contributed by atoms with Crippen LogP contribution in [-0.2, 0) is 6.42 Å². The molecule has 0 aliphatic carbocycles. The minimum Gasteiger partial charge on any atom is -0.387 e. The maximum Gasteiger partial charge on any atom is 0.0916 e. The second-order valence-corrected chi connectivity index (χ2v) is 6.44. The van der Waals surface area contributed by atoms with Crippen molar-refractivity contribution >= 4 is 0 Å². The summed E-state index contributed by atoms with van der Waals surface area (Å²) >= 11 is 0. The summed E-state index contributed by atoms with van der Waals surface area (Å²) in [6, 6.07) is 9.10. The summed E-state index contributed by atoms with van der Waals surface area (Å²) < 4.78 is 0. The Morgan fingerprint density at radius 2 is 1.67 bits per heavy atom. The highest BCUT2D eigenvalue weighted by Crippen LogP contribution is 2.17. The number of β-amino-alcohol motifs (C(OH)–C–C–N with tert-alkyl or cyclic N) is 1. The topological polar surface area (TPSA) is 26.7 Å². The molecule has 1 aliphatic rings. The van der Waals surface area contributed by atoms with Crippen molar-refractivity contribution in [3.63, 3.8) is 0 Å². The smallest absolute Gasteiger partial charge is 0.0916 e. The van der Waals surface area contributed by atoms with Gasteiger partial charge in [-0.2, -0.15) is 0 Å². The predicted octanol–water partition coefficient (Wildman–Crippen LogP) is 2.70. The van der Waals surface area contributed by atoms with Gasteiger partial charge in [0.05, 0.1) is 6.10 Å². The molecular formula is C18H30N2O. The van der Waals surface area contributed by atoms with Gasteiger partial charge in [-0.15, -0.1) is 0 Å². The van der Waals surface area contributed by atoms with Crippen molar-refractivity contribution in [2.45, 2.75) is 45.8 Å². The molecule has 1 unspecified atom stereocenters. The third-order valence-electron chi connectivity index (χ3n) is 4.47. The number of piperazine rings is 1. The molecule has 3 heteroatoms. The van der Waals surface area contributed by atoms with Gasteiger partial charge < -0.3 is 5.11 Å². The maximum atomic E-state index is 10.4. The molecule has 1 saturated heterocycles. The number of rotatable bonds is 6. The number of nitrogens with zero attached hydrogens (tertiary/aromatic N) is 2. The number of hydrogen-bond donors (Lipinski definition) is 1. The van der Waals surface area contributed by atoms with Crippen molar-refractivity contribution in [1.82, 2.24) is 9.80 Å². The summed E-state index contributed by atoms with van der Waals surface area (Å²) in [4.78, 5) is 4.88. The molecular weight excluding hydrogens is 260 g/mol. The molecule has 1 aromatic carbocycles. The van der Waals surface area contributed by atoms with Gasteiger partial charge in [-0.05, 0) is 31.4 Å². The Morgan fingerprint density at radius 1 is 1.05 bits per heavy atom. The highest BCUT2D eigenvalue weighted by molar-refractivity contribution is 5.24. The zero-order chi connectivity index (χ0) is 15.2. The zero-order valence-corrected chi connectivity index (χ0v) is 13.8. The molecule has 1 aromatic rings. The summed E-state index contributed by atoms with van der Waals surface area (Å²) in [6.45, 7) is 11.8. The van der Waals surface area contributed by atoms with E-state index in [-0.39, 0.29) is 6.10 Å². The largest absolute Gasteiger partial charge is 0.387 e. The fourth-order valence-electron chi connectivity index (χ4n) is 3.01. The molecule has 1 fully saturated rings. The molecule has 0 radical (unpaired) electrons. The Labute approximate surface area is 129 Å². The lowest BCUT2D eigenvalue weighted by atomic mass is 10.0. The van der Waals surface area contributed by atoms with Gasteiger partial charge in [0.15, 0.2) is 0 Å². The minimum atomic E-state index is -0.369. The first-order valence-electron chi connectivity index (χ1n) is 8.33. The van der Waals surface area contributed by atoms with E-state index in [9.17, 15) is 5.11 Å². The lowest BCUT2D eigenvalue weighted by Crippen LogP contribution is -2.49. The number of hydrogen-bond acceptors (Lipinski definition) is 3. The lowest BCUT2D eigenvalue weighted by Gasteiger charge is -2.37. The van der Waals surface area contributed by atoms with Crippen molar-refractivity contribution in [3.8, 4) is 0 Å². The Morgan fingerprint density at radius 3 is 2.19 bits per heavy atom. The maximum absolute atomic E-state index is 10.4. The molecule has 1 heterocycles. The molecule has 2 rings (SSSR count). The third-order valence-corrected chi connectivity index (χ3v) is 4.47. The highest BCUT2D eigenvalue weighted by atomic mass is 16.3. The molecule has 1 atom stereocenters. The molecule has 1 N–H and O–H groups in total. The number of aliphatic hydroxyl groups is 1. The lowest BCUT2D eigenvalue weighted by molar-refractivity contribution is 0.0621. The van der Waals surface area contributed by atoms with Crippen molar-refractivity contribution in [2.75, 3.05) is 32.7 Å². The Balaban J connectivity index is 1.83. The Bertz CT molecular complexity index is 408. The Hall–Kier alpha value is -0.900. The van der Waals surface area contributed by atoms with Gasteiger partial charge in [-0.25, -0.2) is 0 Å². The standard InChI is InChI=1S/C18H30N2O/c1-4-5-16-6-8-17(9-7-16)18(21)14-19-10-12-20(13-11-19)15(2)3/h6-9,15,18,21H,4-5,10-14H2,1-3H3. The van der Waals surface area contributed by atoms with Gasteiger partial charge in [-0.1, -0.05) is 37.6 Å². The third kappa shape index (κ3) is 4.80. The molecule has 118 valence electrons. The van der Waals surface area contributed by atoms with E-state index < -0.39 is 0 Å². The number of aliphatic hydroxyl groups excluding tert-OH is 1. The summed E-state index contributed by atoms with van der Waals surface area (Å²) in [6.07, 6.45) is 1.92. The van der Waals surface area contributed by atoms with Crippen molar-refractivity contribution in [3.05, 3.63) is 35.4 Å². The quantitative estimate of drug-likeness (QED) is 0.872. The van der Waals surface area contributed by atoms with Crippen LogP contribution in [0, 0.1) is 0 Å². The second-order valence-electron chi connectivity index (χ2n) is 6.44. The van der Waals surface area contributed by atoms with E-state index in [2.05, 4.69) is 54.8 Å². The Kier molecular flexibility index (Phi) is 6.22. The van der Waals surface area contributed by atoms with Gasteiger partial charge in [0.25, 0.3) is 0 Å². The van der Waals surface area contributed by atoms with E-state index in [1.165, 1.54) is 12.0 Å². The normalized spacial score (nSPS) is 19.1. The van der Waals surface area contributed by atoms with E-state index in [1.807, 2.05) is 0 Å². The molecule has 0 bridgehead atoms. The van der Waals surface area contributed by atoms with E-state index >= 15 is 0 Å². The van der Waals surface area contributed by atoms with Gasteiger partial charge >= 0.3 is 0 Å². The first-order chi connectivity index (χ1) is 10.1. The van der Waals surface area contributed by atoms with E-state index in [0.717, 1.165) is 44.7 Å². The number of benzene rings is 1. The highest BCUT2D eigenvalue weighted by Gasteiger charge is 2.21. The van der Waals surface area contributed by atoms with E-state index in [0.29, 0.717) is 6.04 Å². The number of aryl methyl sites for hydroxylation is 1. The van der Waals surface area contributed by atoms with Crippen LogP contribution < -0.4 is 0 Å². The molecule has 0 spiro atoms. The van der Waals surface area contributed by atoms with Crippen LogP contribution in [0.15, 0.2) is 24.3 Å². The first-order valence-corrected chi connectivity index (χ1v) is 8.33. The van der Waals surface area contributed by atoms with Crippen LogP contribution in [0.1, 0.15) is 44.4 Å². The second kappa shape index (κ2) is 7.92. The molecule has 3 nitrogen and oxygen atoms in total. The van der Waals surface area contributed by atoms with E-state index in [1.54, 1.807) is 0 Å². The van der Waals surface area contributed by atoms with Crippen LogP contribution in [0.25, 0.3) is 0 Å². The summed E-state index contributed by atoms with van der Waals surface area (Å²) in [7, 11) is 0. The molecule has 1 aliphatic heterocycles. The summed E-state index contributed by atoms with van der Waals surface area (Å²) in [5, 5.41) is 10.4. The average molecular weight is 290 g/mol. The van der Waals surface area contributed by atoms with Crippen LogP contribution >= 0.6 is 0 Å². The van der Waals surface area contributed by atoms with Crippen molar-refractivity contribution in [1.29, 1.82) is 0 Å². The zero-order valence-electron chi connectivity index (χ0n) is 13.8. The molecule has 21 heavy (non-hydrogen) atoms. The van der Waals surface area contributed by atoms with Gasteiger partial charge in [0.2, 0.25) is 0 Å². The monoisotopic (exact) mass is 290 g/mol. The molecule has 0 amide bonds. The van der Waals surface area contributed by atoms with Crippen molar-refractivity contribution in [2.24, 2.45) is 0 Å². The first kappa shape index (κ1) is 16.5. The van der Waals surface area contributed by atoms with Gasteiger partial charge in [0, 0.05) is 38.8 Å². The average Bonchev–Trinajstić information content (AvgIpc) is 2.49. The molecule has 0 aromatic heterocycles. The van der Waals surface area contributed by atoms with Crippen molar-refractivity contribution < 1.29 is 5.11 Å². The van der Waals surface area contributed by atoms with Crippen LogP contribution in [0.3, 0.4) is 0 Å². The predicted molar refractivity (Wildman–Crippen MR) is 88.5 cm³/mol. The minimum absolute atomic E-state index is 0.369. The molecule has 0 saturated carbocycles. The fraction of sp³-hybridized carbons (Fsp3) is 0.667. The fourth-order valence-corrected chi connectivity index (χ4v) is 3.01. The van der Waals surface area contributed by atoms with Crippen LogP contribution in [-0.4, -0.2) is 53.7 Å². The summed E-state index contributed by atoms with van der Waals surface area (Å²) in [5.41, 5.74) is 2.40. The SMILES string of the molecule is CCCc1ccc(C(O)CN2CCN(C(C)C)CC2)cc1. The van der Waals surface area contributed by atoms with Gasteiger partial charge in [0.1, 0.15) is 0 Å². The van der Waals surface area contributed by atoms with Crippen LogP contribution in [0.4, 0.5) is 0 Å². The van der Waals surface area contributed by atoms with E-state index in [4.69, 9.17) is 0 Å².